The van der Waals surface area contributed by atoms with Crippen LogP contribution in [0.25, 0.3) is 0 Å². The van der Waals surface area contributed by atoms with E-state index in [-0.39, 0.29) is 17.2 Å². The van der Waals surface area contributed by atoms with Crippen LogP contribution in [0.2, 0.25) is 0 Å². The molecule has 0 aromatic heterocycles. The lowest BCUT2D eigenvalue weighted by molar-refractivity contribution is -0.139. The molecule has 0 atom stereocenters. The van der Waals surface area contributed by atoms with E-state index in [9.17, 15) is 14.4 Å². The van der Waals surface area contributed by atoms with Gasteiger partial charge in [-0.3, -0.25) is 4.79 Å². The number of methoxy groups -OCH3 is 2. The van der Waals surface area contributed by atoms with E-state index in [2.05, 4.69) is 6.92 Å². The number of amides is 1. The van der Waals surface area contributed by atoms with Gasteiger partial charge in [0, 0.05) is 19.3 Å². The summed E-state index contributed by atoms with van der Waals surface area (Å²) < 4.78 is 9.79. The summed E-state index contributed by atoms with van der Waals surface area (Å²) in [7, 11) is 2.49. The third kappa shape index (κ3) is 4.30. The third-order valence-corrected chi connectivity index (χ3v) is 5.35. The van der Waals surface area contributed by atoms with E-state index in [1.165, 1.54) is 25.2 Å². The Kier molecular flexibility index (Phi) is 6.72. The number of hydrogen-bond donors (Lipinski definition) is 0. The highest BCUT2D eigenvalue weighted by molar-refractivity contribution is 6.07. The summed E-state index contributed by atoms with van der Waals surface area (Å²) in [5, 5.41) is 0. The molecule has 1 aromatic carbocycles. The Bertz CT molecular complexity index is 923. The fourth-order valence-corrected chi connectivity index (χ4v) is 3.60. The summed E-state index contributed by atoms with van der Waals surface area (Å²) in [5.74, 6) is -0.887. The average molecular weight is 410 g/mol. The van der Waals surface area contributed by atoms with Crippen LogP contribution in [0, 0.1) is 5.92 Å². The third-order valence-electron chi connectivity index (χ3n) is 5.35. The molecule has 158 valence electrons. The summed E-state index contributed by atoms with van der Waals surface area (Å²) in [6, 6.07) is 7.04. The zero-order chi connectivity index (χ0) is 21.7. The minimum absolute atomic E-state index is 0.0122. The molecule has 7 nitrogen and oxygen atoms in total. The topological polar surface area (TPSA) is 76.2 Å². The van der Waals surface area contributed by atoms with Crippen molar-refractivity contribution < 1.29 is 23.9 Å². The second-order valence-electron chi connectivity index (χ2n) is 7.31. The molecule has 3 rings (SSSR count). The molecule has 0 unspecified atom stereocenters. The number of carbonyl (C=O) groups is 3. The summed E-state index contributed by atoms with van der Waals surface area (Å²) in [6.45, 7) is 3.57. The number of carbonyl (C=O) groups excluding carboxylic acids is 3. The lowest BCUT2D eigenvalue weighted by atomic mass is 9.98. The van der Waals surface area contributed by atoms with Crippen molar-refractivity contribution in [3.05, 3.63) is 65.5 Å². The Morgan fingerprint density at radius 1 is 0.967 bits per heavy atom. The maximum atomic E-state index is 13.3. The summed E-state index contributed by atoms with van der Waals surface area (Å²) in [5.41, 5.74) is 0.970. The van der Waals surface area contributed by atoms with E-state index in [1.807, 2.05) is 4.90 Å². The molecule has 30 heavy (non-hydrogen) atoms. The fourth-order valence-electron chi connectivity index (χ4n) is 3.60. The summed E-state index contributed by atoms with van der Waals surface area (Å²) in [4.78, 5) is 41.7. The van der Waals surface area contributed by atoms with Gasteiger partial charge in [-0.05, 0) is 43.0 Å². The summed E-state index contributed by atoms with van der Waals surface area (Å²) in [6.07, 6.45) is 8.35. The van der Waals surface area contributed by atoms with Crippen molar-refractivity contribution in [2.75, 3.05) is 32.2 Å². The first-order chi connectivity index (χ1) is 14.5. The standard InChI is InChI=1S/C23H26N2O5/c1-16-11-14-24(15-12-16)21(26)17-8-4-5-10-19(17)25-13-7-6-9-18(22(27)29-2)20(25)23(28)30-3/h4-10,13,16H,11-12,14-15H2,1-3H3. The largest absolute Gasteiger partial charge is 0.465 e. The number of ether oxygens (including phenoxy) is 2. The Hall–Kier alpha value is -3.35. The monoisotopic (exact) mass is 410 g/mol. The fraction of sp³-hybridized carbons (Fsp3) is 0.348. The van der Waals surface area contributed by atoms with E-state index in [0.29, 0.717) is 30.3 Å². The summed E-state index contributed by atoms with van der Waals surface area (Å²) >= 11 is 0. The van der Waals surface area contributed by atoms with Crippen LogP contribution in [0.1, 0.15) is 30.1 Å². The van der Waals surface area contributed by atoms with Crippen LogP contribution in [0.15, 0.2) is 60.0 Å². The van der Waals surface area contributed by atoms with Gasteiger partial charge in [-0.1, -0.05) is 25.1 Å². The van der Waals surface area contributed by atoms with Crippen molar-refractivity contribution in [3.63, 3.8) is 0 Å². The maximum Gasteiger partial charge on any atom is 0.355 e. The smallest absolute Gasteiger partial charge is 0.355 e. The molecule has 1 saturated heterocycles. The second kappa shape index (κ2) is 9.43. The number of piperidine rings is 1. The number of anilines is 1. The van der Waals surface area contributed by atoms with E-state index in [0.717, 1.165) is 12.8 Å². The molecule has 0 bridgehead atoms. The lowest BCUT2D eigenvalue weighted by Crippen LogP contribution is -2.38. The zero-order valence-corrected chi connectivity index (χ0v) is 17.5. The molecule has 2 aliphatic heterocycles. The Morgan fingerprint density at radius 2 is 1.63 bits per heavy atom. The molecule has 0 aliphatic carbocycles. The van der Waals surface area contributed by atoms with Crippen LogP contribution >= 0.6 is 0 Å². The van der Waals surface area contributed by atoms with E-state index in [4.69, 9.17) is 9.47 Å². The van der Waals surface area contributed by atoms with Crippen molar-refractivity contribution in [2.24, 2.45) is 5.92 Å². The van der Waals surface area contributed by atoms with E-state index in [1.54, 1.807) is 42.6 Å². The Balaban J connectivity index is 2.08. The highest BCUT2D eigenvalue weighted by atomic mass is 16.5. The highest BCUT2D eigenvalue weighted by Gasteiger charge is 2.31. The van der Waals surface area contributed by atoms with E-state index < -0.39 is 11.9 Å². The van der Waals surface area contributed by atoms with Gasteiger partial charge < -0.3 is 19.3 Å². The van der Waals surface area contributed by atoms with Crippen molar-refractivity contribution in [1.29, 1.82) is 0 Å². The van der Waals surface area contributed by atoms with Crippen molar-refractivity contribution in [2.45, 2.75) is 19.8 Å². The number of rotatable bonds is 4. The lowest BCUT2D eigenvalue weighted by Gasteiger charge is -2.32. The molecule has 1 amide bonds. The van der Waals surface area contributed by atoms with Crippen LogP contribution in [0.3, 0.4) is 0 Å². The number of hydrogen-bond acceptors (Lipinski definition) is 6. The number of allylic oxidation sites excluding steroid dienone is 2. The normalized spacial score (nSPS) is 17.0. The molecule has 2 aliphatic rings. The highest BCUT2D eigenvalue weighted by Crippen LogP contribution is 2.31. The van der Waals surface area contributed by atoms with Gasteiger partial charge in [0.2, 0.25) is 0 Å². The quantitative estimate of drug-likeness (QED) is 0.710. The van der Waals surface area contributed by atoms with Crippen LogP contribution < -0.4 is 4.90 Å². The molecule has 0 saturated carbocycles. The van der Waals surface area contributed by atoms with Crippen LogP contribution in [-0.2, 0) is 19.1 Å². The predicted molar refractivity (Wildman–Crippen MR) is 113 cm³/mol. The van der Waals surface area contributed by atoms with E-state index >= 15 is 0 Å². The number of para-hydroxylation sites is 1. The molecule has 2 heterocycles. The van der Waals surface area contributed by atoms with Gasteiger partial charge in [-0.25, -0.2) is 9.59 Å². The molecular weight excluding hydrogens is 384 g/mol. The minimum Gasteiger partial charge on any atom is -0.465 e. The van der Waals surface area contributed by atoms with Gasteiger partial charge in [-0.15, -0.1) is 0 Å². The number of benzene rings is 1. The molecule has 0 radical (unpaired) electrons. The Morgan fingerprint density at radius 3 is 2.30 bits per heavy atom. The number of nitrogens with zero attached hydrogens (tertiary/aromatic N) is 2. The van der Waals surface area contributed by atoms with Crippen molar-refractivity contribution in [3.8, 4) is 0 Å². The van der Waals surface area contributed by atoms with Gasteiger partial charge in [0.05, 0.1) is 31.0 Å². The first-order valence-electron chi connectivity index (χ1n) is 9.91. The van der Waals surface area contributed by atoms with Crippen LogP contribution in [0.4, 0.5) is 5.69 Å². The maximum absolute atomic E-state index is 13.3. The van der Waals surface area contributed by atoms with Crippen LogP contribution in [-0.4, -0.2) is 50.1 Å². The van der Waals surface area contributed by atoms with Gasteiger partial charge >= 0.3 is 11.9 Å². The molecule has 0 spiro atoms. The molecule has 0 N–H and O–H groups in total. The van der Waals surface area contributed by atoms with Gasteiger partial charge in [0.1, 0.15) is 5.70 Å². The first-order valence-corrected chi connectivity index (χ1v) is 9.91. The minimum atomic E-state index is -0.708. The SMILES string of the molecule is COC(=O)C1=C(C(=O)OC)N(c2ccccc2C(=O)N2CCC(C)CC2)C=CC=C1. The van der Waals surface area contributed by atoms with Crippen molar-refractivity contribution in [1.82, 2.24) is 4.90 Å². The molecular formula is C23H26N2O5. The van der Waals surface area contributed by atoms with Crippen LogP contribution in [0.5, 0.6) is 0 Å². The van der Waals surface area contributed by atoms with Crippen molar-refractivity contribution >= 4 is 23.5 Å². The van der Waals surface area contributed by atoms with Gasteiger partial charge in [0.25, 0.3) is 5.91 Å². The number of esters is 2. The molecule has 7 heteroatoms. The first kappa shape index (κ1) is 21.4. The number of likely N-dealkylation sites (tertiary alicyclic amines) is 1. The van der Waals surface area contributed by atoms with Gasteiger partial charge in [0.15, 0.2) is 0 Å². The predicted octanol–water partition coefficient (Wildman–Crippen LogP) is 3.05. The molecule has 1 fully saturated rings. The second-order valence-corrected chi connectivity index (χ2v) is 7.31. The Labute approximate surface area is 176 Å². The van der Waals surface area contributed by atoms with Gasteiger partial charge in [-0.2, -0.15) is 0 Å². The average Bonchev–Trinajstić information content (AvgIpc) is 3.01. The zero-order valence-electron chi connectivity index (χ0n) is 17.5. The molecule has 1 aromatic rings.